The van der Waals surface area contributed by atoms with E-state index < -0.39 is 54.2 Å². The van der Waals surface area contributed by atoms with E-state index in [1.54, 1.807) is 21.0 Å². The van der Waals surface area contributed by atoms with E-state index in [-0.39, 0.29) is 22.9 Å². The van der Waals surface area contributed by atoms with Gasteiger partial charge in [0.05, 0.1) is 18.0 Å². The molecule has 4 N–H and O–H groups in total. The van der Waals surface area contributed by atoms with Crippen molar-refractivity contribution in [3.63, 3.8) is 0 Å². The van der Waals surface area contributed by atoms with Gasteiger partial charge >= 0.3 is 11.9 Å². The minimum atomic E-state index is -3.98. The zero-order chi connectivity index (χ0) is 24.8. The second kappa shape index (κ2) is 9.18. The number of halogens is 2. The molecule has 10 nitrogen and oxygen atoms in total. The molecule has 3 amide bonds. The molecule has 0 bridgehead atoms. The normalized spacial score (nSPS) is 30.1. The third-order valence-corrected chi connectivity index (χ3v) is 7.85. The van der Waals surface area contributed by atoms with Crippen LogP contribution in [0.4, 0.5) is 8.78 Å². The maximum absolute atomic E-state index is 13.4. The van der Waals surface area contributed by atoms with Crippen molar-refractivity contribution in [3.8, 4) is 0 Å². The number of fused-ring (bicyclic) bond motifs is 1. The fourth-order valence-electron chi connectivity index (χ4n) is 4.64. The number of hydrogen-bond acceptors (Lipinski definition) is 7. The van der Waals surface area contributed by atoms with Crippen LogP contribution in [0.15, 0.2) is 10.6 Å². The summed E-state index contributed by atoms with van der Waals surface area (Å²) in [5, 5.41) is 23.6. The lowest BCUT2D eigenvalue weighted by molar-refractivity contribution is -0.161. The largest absolute Gasteiger partial charge is 0.477 e. The van der Waals surface area contributed by atoms with Crippen LogP contribution in [0.3, 0.4) is 0 Å². The van der Waals surface area contributed by atoms with Gasteiger partial charge in [0.15, 0.2) is 0 Å². The molecule has 3 rings (SSSR count). The van der Waals surface area contributed by atoms with Gasteiger partial charge in [-0.1, -0.05) is 6.92 Å². The smallest absolute Gasteiger partial charge is 0.353 e. The first kappa shape index (κ1) is 25.4. The van der Waals surface area contributed by atoms with Crippen molar-refractivity contribution in [2.45, 2.75) is 49.6 Å². The number of β-lactam (4-membered cyclic amide) rings is 1. The third-order valence-electron chi connectivity index (χ3n) is 6.34. The number of rotatable bonds is 8. The number of aliphatic hydroxyl groups is 1. The van der Waals surface area contributed by atoms with Crippen LogP contribution in [0.25, 0.3) is 0 Å². The van der Waals surface area contributed by atoms with Gasteiger partial charge in [-0.3, -0.25) is 14.4 Å². The molecule has 3 aliphatic rings. The summed E-state index contributed by atoms with van der Waals surface area (Å²) < 4.78 is 26.9. The summed E-state index contributed by atoms with van der Waals surface area (Å²) in [5.41, 5.74) is -0.139. The number of alkyl halides is 2. The van der Waals surface area contributed by atoms with Gasteiger partial charge in [-0.15, -0.1) is 11.8 Å². The van der Waals surface area contributed by atoms with Gasteiger partial charge in [0.25, 0.3) is 5.91 Å². The van der Waals surface area contributed by atoms with E-state index in [4.69, 9.17) is 5.11 Å². The Morgan fingerprint density at radius 2 is 2.00 bits per heavy atom. The number of hydrogen-bond donors (Lipinski definition) is 4. The molecule has 0 aromatic heterocycles. The summed E-state index contributed by atoms with van der Waals surface area (Å²) in [6, 6.07) is -1.96. The molecule has 13 heteroatoms. The highest BCUT2D eigenvalue weighted by Gasteiger charge is 2.61. The molecular weight excluding hydrogens is 462 g/mol. The summed E-state index contributed by atoms with van der Waals surface area (Å²) >= 11 is 1.31. The van der Waals surface area contributed by atoms with E-state index in [1.165, 1.54) is 23.6 Å². The predicted octanol–water partition coefficient (Wildman–Crippen LogP) is -0.556. The molecule has 0 aromatic rings. The number of carbonyl (C=O) groups is 4. The highest BCUT2D eigenvalue weighted by atomic mass is 32.2. The monoisotopic (exact) mass is 490 g/mol. The van der Waals surface area contributed by atoms with Gasteiger partial charge in [0.1, 0.15) is 12.3 Å². The first-order valence-corrected chi connectivity index (χ1v) is 11.4. The van der Waals surface area contributed by atoms with Crippen molar-refractivity contribution in [2.75, 3.05) is 27.2 Å². The van der Waals surface area contributed by atoms with Crippen LogP contribution < -0.4 is 10.6 Å². The van der Waals surface area contributed by atoms with E-state index >= 15 is 0 Å². The van der Waals surface area contributed by atoms with Gasteiger partial charge < -0.3 is 30.6 Å². The highest BCUT2D eigenvalue weighted by molar-refractivity contribution is 8.03. The Morgan fingerprint density at radius 3 is 2.55 bits per heavy atom. The van der Waals surface area contributed by atoms with E-state index in [0.717, 1.165) is 4.90 Å². The topological polar surface area (TPSA) is 139 Å². The molecule has 0 radical (unpaired) electrons. The maximum atomic E-state index is 13.4. The first-order chi connectivity index (χ1) is 15.3. The van der Waals surface area contributed by atoms with Gasteiger partial charge in [-0.2, -0.15) is 8.78 Å². The Hall–Kier alpha value is -2.25. The molecule has 6 atom stereocenters. The first-order valence-electron chi connectivity index (χ1n) is 10.5. The Morgan fingerprint density at radius 1 is 1.36 bits per heavy atom. The number of aliphatic hydroxyl groups excluding tert-OH is 1. The Bertz CT molecular complexity index is 898. The van der Waals surface area contributed by atoms with Crippen molar-refractivity contribution in [3.05, 3.63) is 10.6 Å². The minimum Gasteiger partial charge on any atom is -0.477 e. The molecule has 2 fully saturated rings. The molecule has 3 heterocycles. The van der Waals surface area contributed by atoms with Crippen LogP contribution in [0.2, 0.25) is 0 Å². The lowest BCUT2D eigenvalue weighted by Gasteiger charge is -2.47. The molecule has 0 spiro atoms. The third kappa shape index (κ3) is 4.45. The fraction of sp³-hybridized carbons (Fsp3) is 0.700. The molecule has 3 aliphatic heterocycles. The molecule has 2 saturated heterocycles. The van der Waals surface area contributed by atoms with E-state index in [0.29, 0.717) is 17.9 Å². The molecule has 0 aliphatic carbocycles. The molecule has 184 valence electrons. The van der Waals surface area contributed by atoms with Gasteiger partial charge in [0.2, 0.25) is 11.8 Å². The number of carbonyl (C=O) groups excluding carboxylic acids is 3. The number of aliphatic carboxylic acids is 1. The minimum absolute atomic E-state index is 0.0756. The quantitative estimate of drug-likeness (QED) is 0.332. The summed E-state index contributed by atoms with van der Waals surface area (Å²) in [6.07, 6.45) is 0.496. The van der Waals surface area contributed by atoms with E-state index in [1.807, 2.05) is 0 Å². The number of nitrogens with one attached hydrogen (secondary N) is 2. The molecule has 1 unspecified atom stereocenters. The Labute approximate surface area is 193 Å². The van der Waals surface area contributed by atoms with E-state index in [9.17, 15) is 33.1 Å². The van der Waals surface area contributed by atoms with Gasteiger partial charge in [-0.05, 0) is 13.3 Å². The number of likely N-dealkylation sites (N-methyl/N-ethyl adjacent to an activating group) is 1. The number of amides is 3. The highest BCUT2D eigenvalue weighted by Crippen LogP contribution is 2.51. The van der Waals surface area contributed by atoms with Crippen LogP contribution >= 0.6 is 11.8 Å². The number of carboxylic acids is 1. The molecule has 0 saturated carbocycles. The lowest BCUT2D eigenvalue weighted by atomic mass is 9.78. The van der Waals surface area contributed by atoms with E-state index in [2.05, 4.69) is 10.6 Å². The average molecular weight is 491 g/mol. The Balaban J connectivity index is 1.75. The summed E-state index contributed by atoms with van der Waals surface area (Å²) in [4.78, 5) is 51.9. The summed E-state index contributed by atoms with van der Waals surface area (Å²) in [7, 11) is 3.31. The summed E-state index contributed by atoms with van der Waals surface area (Å²) in [5.74, 6) is -8.86. The second-order valence-electron chi connectivity index (χ2n) is 8.83. The van der Waals surface area contributed by atoms with Crippen LogP contribution in [0, 0.1) is 11.8 Å². The van der Waals surface area contributed by atoms with Crippen LogP contribution in [-0.4, -0.2) is 100 Å². The van der Waals surface area contributed by atoms with Crippen molar-refractivity contribution in [2.24, 2.45) is 11.8 Å². The van der Waals surface area contributed by atoms with Crippen LogP contribution in [0.5, 0.6) is 0 Å². The van der Waals surface area contributed by atoms with Gasteiger partial charge in [0, 0.05) is 42.8 Å². The average Bonchev–Trinajstić information content (AvgIpc) is 3.29. The van der Waals surface area contributed by atoms with Gasteiger partial charge in [-0.25, -0.2) is 4.79 Å². The molecule has 0 aromatic carbocycles. The lowest BCUT2D eigenvalue weighted by Crippen LogP contribution is -2.66. The number of carboxylic acid groups (broad SMARTS) is 1. The predicted molar refractivity (Wildman–Crippen MR) is 114 cm³/mol. The zero-order valence-electron chi connectivity index (χ0n) is 18.7. The van der Waals surface area contributed by atoms with Crippen LogP contribution in [-0.2, 0) is 19.2 Å². The zero-order valence-corrected chi connectivity index (χ0v) is 19.5. The van der Waals surface area contributed by atoms with Crippen molar-refractivity contribution >= 4 is 35.5 Å². The van der Waals surface area contributed by atoms with Crippen molar-refractivity contribution in [1.29, 1.82) is 0 Å². The molecule has 33 heavy (non-hydrogen) atoms. The number of nitrogens with zero attached hydrogens (tertiary/aromatic N) is 2. The maximum Gasteiger partial charge on any atom is 0.353 e. The SMILES string of the molecule is CC(NC(=O)C(F)(F)CO)[C@H]1C(=O)N2C(C(=O)O)=C(S[C@@H]3CN[C@H](C(=O)N(C)C)C3)[C@H](C)[C@H]12. The molecular formula is C20H28F2N4O6S. The standard InChI is InChI=1S/C20H28F2N4O6S/c1-8-13-12(9(2)24-19(32)20(21,22)7-27)17(29)26(13)14(18(30)31)15(8)33-10-5-11(23-6-10)16(28)25(3)4/h8-13,23,27H,5-7H2,1-4H3,(H,24,32)(H,30,31)/t8-,9?,10+,11+,12-,13-/m1/s1. The second-order valence-corrected chi connectivity index (χ2v) is 10.2. The fourth-order valence-corrected chi connectivity index (χ4v) is 6.12. The number of thioether (sulfide) groups is 1. The van der Waals surface area contributed by atoms with Crippen molar-refractivity contribution < 1.29 is 38.2 Å². The van der Waals surface area contributed by atoms with Crippen LogP contribution in [0.1, 0.15) is 20.3 Å². The Kier molecular flexibility index (Phi) is 7.06. The summed E-state index contributed by atoms with van der Waals surface area (Å²) in [6.45, 7) is 2.00. The van der Waals surface area contributed by atoms with Crippen molar-refractivity contribution in [1.82, 2.24) is 20.4 Å².